The van der Waals surface area contributed by atoms with Crippen LogP contribution in [0.5, 0.6) is 0 Å². The van der Waals surface area contributed by atoms with Crippen LogP contribution in [0.4, 0.5) is 0 Å². The zero-order valence-corrected chi connectivity index (χ0v) is 31.4. The van der Waals surface area contributed by atoms with Gasteiger partial charge in [-0.1, -0.05) is 81.1 Å². The molecule has 1 fully saturated rings. The predicted molar refractivity (Wildman–Crippen MR) is 172 cm³/mol. The van der Waals surface area contributed by atoms with Crippen molar-refractivity contribution in [3.8, 4) is 0 Å². The molecule has 0 spiro atoms. The highest BCUT2D eigenvalue weighted by atomic mass is 28.5. The summed E-state index contributed by atoms with van der Waals surface area (Å²) in [5.74, 6) is 0. The van der Waals surface area contributed by atoms with Crippen LogP contribution in [0.25, 0.3) is 0 Å². The van der Waals surface area contributed by atoms with Crippen LogP contribution < -0.4 is 0 Å². The molecule has 0 aliphatic carbocycles. The minimum atomic E-state index is -2.92. The van der Waals surface area contributed by atoms with Gasteiger partial charge in [0.2, 0.25) is 0 Å². The normalized spacial score (nSPS) is 29.4. The van der Waals surface area contributed by atoms with E-state index in [4.69, 9.17) is 35.4 Å². The molecule has 0 atom stereocenters. The Morgan fingerprint density at radius 1 is 0.325 bits per heavy atom. The molecule has 1 heterocycles. The smallest absolute Gasteiger partial charge is 0.347 e. The number of hydrogen-bond acceptors (Lipinski definition) is 8. The molecule has 1 aliphatic heterocycles. The first-order chi connectivity index (χ1) is 19.3. The maximum Gasteiger partial charge on any atom is 0.347 e. The molecule has 0 aromatic carbocycles. The Hall–Kier alpha value is 0.548. The van der Waals surface area contributed by atoms with Gasteiger partial charge in [0.15, 0.2) is 0 Å². The summed E-state index contributed by atoms with van der Waals surface area (Å²) in [6, 6.07) is 3.38. The van der Waals surface area contributed by atoms with Gasteiger partial charge in [0.05, 0.1) is 24.9 Å². The molecule has 0 amide bonds. The monoisotopic (exact) mass is 640 g/mol. The van der Waals surface area contributed by atoms with Crippen molar-refractivity contribution in [3.05, 3.63) is 0 Å². The van der Waals surface area contributed by atoms with Crippen LogP contribution in [0.15, 0.2) is 0 Å². The van der Waals surface area contributed by atoms with E-state index in [1.54, 1.807) is 0 Å². The molecule has 240 valence electrons. The van der Waals surface area contributed by atoms with Gasteiger partial charge in [-0.05, 0) is 49.9 Å². The second-order valence-electron chi connectivity index (χ2n) is 11.3. The van der Waals surface area contributed by atoms with Crippen molar-refractivity contribution in [2.75, 3.05) is 51.3 Å². The van der Waals surface area contributed by atoms with Crippen LogP contribution in [-0.4, -0.2) is 85.6 Å². The van der Waals surface area contributed by atoms with Crippen molar-refractivity contribution in [1.82, 2.24) is 0 Å². The molecule has 40 heavy (non-hydrogen) atoms. The van der Waals surface area contributed by atoms with Crippen molar-refractivity contribution in [3.63, 3.8) is 0 Å². The Bertz CT molecular complexity index is 519. The van der Waals surface area contributed by atoms with Gasteiger partial charge in [-0.15, -0.1) is 0 Å². The van der Waals surface area contributed by atoms with E-state index < -0.39 is 34.2 Å². The third-order valence-corrected chi connectivity index (χ3v) is 26.2. The van der Waals surface area contributed by atoms with Crippen molar-refractivity contribution >= 4 is 34.2 Å². The molecule has 1 rings (SSSR count). The van der Waals surface area contributed by atoms with Gasteiger partial charge < -0.3 is 35.4 Å². The van der Waals surface area contributed by atoms with E-state index in [1.165, 1.54) is 0 Å². The summed E-state index contributed by atoms with van der Waals surface area (Å²) < 4.78 is 55.3. The summed E-state index contributed by atoms with van der Waals surface area (Å²) in [4.78, 5) is 0. The summed E-state index contributed by atoms with van der Waals surface area (Å²) >= 11 is 0. The molecule has 12 heteroatoms. The van der Waals surface area contributed by atoms with Gasteiger partial charge in [-0.3, -0.25) is 0 Å². The average molecular weight is 641 g/mol. The van der Waals surface area contributed by atoms with E-state index in [1.807, 2.05) is 0 Å². The summed E-state index contributed by atoms with van der Waals surface area (Å²) in [5.41, 5.74) is 0. The van der Waals surface area contributed by atoms with Crippen LogP contribution in [0, 0.1) is 0 Å². The fourth-order valence-electron chi connectivity index (χ4n) is 5.38. The van der Waals surface area contributed by atoms with Gasteiger partial charge in [0.1, 0.15) is 0 Å². The SMILES string of the molecule is CCCOC[Si]1(CCC)O[Si](CCC)(COCCC)O[Si](CCC)(COCCC)O[Si](CCC)(COCCC)O1. The van der Waals surface area contributed by atoms with E-state index in [0.29, 0.717) is 51.3 Å². The van der Waals surface area contributed by atoms with Crippen molar-refractivity contribution in [2.45, 2.75) is 131 Å². The lowest BCUT2D eigenvalue weighted by Gasteiger charge is -2.53. The topological polar surface area (TPSA) is 73.8 Å². The molecule has 1 aliphatic rings. The van der Waals surface area contributed by atoms with E-state index in [9.17, 15) is 0 Å². The van der Waals surface area contributed by atoms with Gasteiger partial charge >= 0.3 is 34.2 Å². The average Bonchev–Trinajstić information content (AvgIpc) is 2.89. The Labute approximate surface area is 251 Å². The van der Waals surface area contributed by atoms with Crippen LogP contribution in [0.1, 0.15) is 107 Å². The van der Waals surface area contributed by atoms with Crippen molar-refractivity contribution in [1.29, 1.82) is 0 Å². The largest absolute Gasteiger partial charge is 0.413 e. The molecule has 0 unspecified atom stereocenters. The van der Waals surface area contributed by atoms with E-state index in [0.717, 1.165) is 75.5 Å². The van der Waals surface area contributed by atoms with E-state index >= 15 is 0 Å². The molecule has 0 aromatic rings. The summed E-state index contributed by atoms with van der Waals surface area (Å²) in [6.45, 7) is 20.2. The van der Waals surface area contributed by atoms with E-state index in [-0.39, 0.29) is 0 Å². The maximum absolute atomic E-state index is 7.52. The van der Waals surface area contributed by atoms with Crippen LogP contribution in [-0.2, 0) is 35.4 Å². The third-order valence-electron chi connectivity index (χ3n) is 6.69. The predicted octanol–water partition coefficient (Wildman–Crippen LogP) is 7.34. The first-order valence-electron chi connectivity index (χ1n) is 16.4. The molecule has 0 radical (unpaired) electrons. The fourth-order valence-corrected chi connectivity index (χ4v) is 29.0. The van der Waals surface area contributed by atoms with Crippen molar-refractivity contribution in [2.24, 2.45) is 0 Å². The summed E-state index contributed by atoms with van der Waals surface area (Å²) in [6.07, 6.45) is 9.63. The molecule has 0 aromatic heterocycles. The fraction of sp³-hybridized carbons (Fsp3) is 1.00. The Morgan fingerprint density at radius 3 is 0.675 bits per heavy atom. The lowest BCUT2D eigenvalue weighted by molar-refractivity contribution is 0.0834. The Balaban J connectivity index is 3.81. The Kier molecular flexibility index (Phi) is 20.5. The summed E-state index contributed by atoms with van der Waals surface area (Å²) in [7, 11) is -11.7. The Morgan fingerprint density at radius 2 is 0.525 bits per heavy atom. The highest BCUT2D eigenvalue weighted by molar-refractivity contribution is 6.95. The lowest BCUT2D eigenvalue weighted by atomic mass is 10.5. The van der Waals surface area contributed by atoms with Gasteiger partial charge in [-0.25, -0.2) is 0 Å². The molecule has 8 nitrogen and oxygen atoms in total. The molecular weight excluding hydrogens is 577 g/mol. The minimum Gasteiger partial charge on any atom is -0.413 e. The van der Waals surface area contributed by atoms with Gasteiger partial charge in [0, 0.05) is 26.4 Å². The molecule has 1 saturated heterocycles. The van der Waals surface area contributed by atoms with Crippen LogP contribution in [0.3, 0.4) is 0 Å². The second-order valence-corrected chi connectivity index (χ2v) is 25.0. The molecule has 0 saturated carbocycles. The third kappa shape index (κ3) is 13.0. The second kappa shape index (κ2) is 21.3. The van der Waals surface area contributed by atoms with Crippen LogP contribution in [0.2, 0.25) is 24.2 Å². The molecular formula is C28H64O8Si4. The standard InChI is InChI=1S/C28H64O8Si4/c1-9-17-29-25-37(21-13-5)33-38(22-14-6,26-30-18-10-2)35-40(24-16-8,28-32-20-12-4)36-39(34-37,23-15-7)27-31-19-11-3/h9-28H2,1-8H3. The molecule has 0 bridgehead atoms. The first-order valence-corrected chi connectivity index (χ1v) is 25.4. The highest BCUT2D eigenvalue weighted by Gasteiger charge is 2.62. The van der Waals surface area contributed by atoms with Crippen LogP contribution >= 0.6 is 0 Å². The zero-order valence-electron chi connectivity index (χ0n) is 27.4. The number of rotatable bonds is 24. The minimum absolute atomic E-state index is 0.495. The maximum atomic E-state index is 7.52. The molecule has 0 N–H and O–H groups in total. The lowest BCUT2D eigenvalue weighted by Crippen LogP contribution is -2.74. The number of ether oxygens (including phenoxy) is 4. The van der Waals surface area contributed by atoms with Gasteiger partial charge in [-0.2, -0.15) is 0 Å². The number of hydrogen-bond donors (Lipinski definition) is 0. The summed E-state index contributed by atoms with van der Waals surface area (Å²) in [5, 5.41) is 0. The van der Waals surface area contributed by atoms with E-state index in [2.05, 4.69) is 55.4 Å². The van der Waals surface area contributed by atoms with Crippen molar-refractivity contribution < 1.29 is 35.4 Å². The quantitative estimate of drug-likeness (QED) is 0.0802. The zero-order chi connectivity index (χ0) is 29.8. The highest BCUT2D eigenvalue weighted by Crippen LogP contribution is 2.39. The van der Waals surface area contributed by atoms with Gasteiger partial charge in [0.25, 0.3) is 0 Å². The first kappa shape index (κ1) is 38.6.